The highest BCUT2D eigenvalue weighted by Gasteiger charge is 2.19. The summed E-state index contributed by atoms with van der Waals surface area (Å²) in [5.41, 5.74) is 0.535. The molecule has 1 aromatic carbocycles. The van der Waals surface area contributed by atoms with E-state index in [2.05, 4.69) is 5.32 Å². The zero-order valence-corrected chi connectivity index (χ0v) is 13.9. The topological polar surface area (TPSA) is 140 Å². The van der Waals surface area contributed by atoms with Crippen molar-refractivity contribution in [3.05, 3.63) is 39.4 Å². The number of rotatable bonds is 9. The van der Waals surface area contributed by atoms with Gasteiger partial charge in [-0.15, -0.1) is 0 Å². The summed E-state index contributed by atoms with van der Waals surface area (Å²) < 4.78 is 0. The summed E-state index contributed by atoms with van der Waals surface area (Å²) in [5, 5.41) is 23.3. The lowest BCUT2D eigenvalue weighted by atomic mass is 10.1. The third-order valence-electron chi connectivity index (χ3n) is 3.44. The summed E-state index contributed by atoms with van der Waals surface area (Å²) in [7, 11) is 0. The largest absolute Gasteiger partial charge is 0.391 e. The number of hydrogen-bond acceptors (Lipinski definition) is 9. The van der Waals surface area contributed by atoms with Crippen LogP contribution in [0.1, 0.15) is 30.4 Å². The number of nitro groups is 1. The number of nitrogens with zero attached hydrogens (tertiary/aromatic N) is 2. The molecule has 0 spiro atoms. The standard InChI is InChI=1S/C15H19N3O8/c19-10-12-5-4-11(8-13(12)17(22)23)9-16-14(20)2-1-3-15(21)26-18-24-6-7-25-18/h4-5,8,19H,1-3,6-7,9-10H2,(H,16,20). The normalized spacial score (nSPS) is 14.2. The van der Waals surface area contributed by atoms with Crippen LogP contribution in [0.3, 0.4) is 0 Å². The van der Waals surface area contributed by atoms with Crippen molar-refractivity contribution >= 4 is 17.6 Å². The molecule has 0 radical (unpaired) electrons. The second-order valence-electron chi connectivity index (χ2n) is 5.36. The Balaban J connectivity index is 1.70. The molecular formula is C15H19N3O8. The molecule has 1 saturated heterocycles. The van der Waals surface area contributed by atoms with Crippen molar-refractivity contribution in [2.75, 3.05) is 13.2 Å². The van der Waals surface area contributed by atoms with Crippen LogP contribution in [-0.4, -0.2) is 40.5 Å². The highest BCUT2D eigenvalue weighted by molar-refractivity contribution is 5.77. The van der Waals surface area contributed by atoms with Crippen LogP contribution in [0, 0.1) is 10.1 Å². The number of aliphatic hydroxyl groups is 1. The molecule has 0 unspecified atom stereocenters. The van der Waals surface area contributed by atoms with Gasteiger partial charge in [-0.1, -0.05) is 6.07 Å². The summed E-state index contributed by atoms with van der Waals surface area (Å²) in [6.07, 6.45) is 0.364. The van der Waals surface area contributed by atoms with Crippen molar-refractivity contribution in [2.24, 2.45) is 0 Å². The van der Waals surface area contributed by atoms with Crippen molar-refractivity contribution in [1.29, 1.82) is 0 Å². The molecule has 0 aromatic heterocycles. The van der Waals surface area contributed by atoms with Gasteiger partial charge >= 0.3 is 5.97 Å². The number of amides is 1. The van der Waals surface area contributed by atoms with Gasteiger partial charge in [0.2, 0.25) is 5.91 Å². The Kier molecular flexibility index (Phi) is 7.41. The first-order chi connectivity index (χ1) is 12.5. The summed E-state index contributed by atoms with van der Waals surface area (Å²) in [5.74, 6) is -0.893. The Labute approximate surface area is 148 Å². The van der Waals surface area contributed by atoms with Crippen LogP contribution in [0.5, 0.6) is 0 Å². The highest BCUT2D eigenvalue weighted by atomic mass is 17.2. The Morgan fingerprint density at radius 2 is 2.04 bits per heavy atom. The number of carbonyl (C=O) groups is 2. The van der Waals surface area contributed by atoms with Crippen molar-refractivity contribution in [3.8, 4) is 0 Å². The third kappa shape index (κ3) is 6.04. The van der Waals surface area contributed by atoms with Crippen LogP contribution >= 0.6 is 0 Å². The second kappa shape index (κ2) is 9.77. The lowest BCUT2D eigenvalue weighted by Gasteiger charge is -2.10. The summed E-state index contributed by atoms with van der Waals surface area (Å²) in [6, 6.07) is 4.34. The van der Waals surface area contributed by atoms with Crippen molar-refractivity contribution in [1.82, 2.24) is 10.7 Å². The van der Waals surface area contributed by atoms with Crippen LogP contribution < -0.4 is 5.32 Å². The first-order valence-corrected chi connectivity index (χ1v) is 7.90. The van der Waals surface area contributed by atoms with Crippen LogP contribution in [0.25, 0.3) is 0 Å². The third-order valence-corrected chi connectivity index (χ3v) is 3.44. The minimum atomic E-state index is -0.588. The van der Waals surface area contributed by atoms with Gasteiger partial charge in [-0.25, -0.2) is 9.68 Å². The van der Waals surface area contributed by atoms with Crippen molar-refractivity contribution in [3.63, 3.8) is 0 Å². The molecule has 142 valence electrons. The Morgan fingerprint density at radius 3 is 2.69 bits per heavy atom. The second-order valence-corrected chi connectivity index (χ2v) is 5.36. The molecule has 0 aliphatic carbocycles. The Bertz CT molecular complexity index is 660. The number of aliphatic hydroxyl groups excluding tert-OH is 1. The fraction of sp³-hybridized carbons (Fsp3) is 0.467. The van der Waals surface area contributed by atoms with E-state index in [1.54, 1.807) is 6.07 Å². The molecule has 1 aromatic rings. The van der Waals surface area contributed by atoms with Gasteiger partial charge in [0.25, 0.3) is 5.69 Å². The van der Waals surface area contributed by atoms with E-state index in [9.17, 15) is 19.7 Å². The molecule has 1 aliphatic heterocycles. The fourth-order valence-electron chi connectivity index (χ4n) is 2.15. The van der Waals surface area contributed by atoms with Gasteiger partial charge in [-0.05, 0) is 18.1 Å². The van der Waals surface area contributed by atoms with E-state index in [1.165, 1.54) is 12.1 Å². The minimum Gasteiger partial charge on any atom is -0.391 e. The number of hydrogen-bond donors (Lipinski definition) is 2. The molecule has 26 heavy (non-hydrogen) atoms. The number of benzene rings is 1. The number of nitro benzene ring substituents is 1. The van der Waals surface area contributed by atoms with E-state index in [0.717, 1.165) is 0 Å². The summed E-state index contributed by atoms with van der Waals surface area (Å²) in [6.45, 7) is 0.262. The number of carbonyl (C=O) groups excluding carboxylic acids is 2. The maximum Gasteiger partial charge on any atom is 0.330 e. The highest BCUT2D eigenvalue weighted by Crippen LogP contribution is 2.20. The van der Waals surface area contributed by atoms with Crippen LogP contribution in [0.2, 0.25) is 0 Å². The number of nitrogens with one attached hydrogen (secondary N) is 1. The van der Waals surface area contributed by atoms with Gasteiger partial charge in [0.1, 0.15) is 18.6 Å². The molecule has 0 saturated carbocycles. The van der Waals surface area contributed by atoms with Crippen molar-refractivity contribution < 1.29 is 34.1 Å². The fourth-order valence-corrected chi connectivity index (χ4v) is 2.15. The van der Waals surface area contributed by atoms with E-state index in [-0.39, 0.29) is 43.0 Å². The lowest BCUT2D eigenvalue weighted by molar-refractivity contribution is -0.460. The van der Waals surface area contributed by atoms with Gasteiger partial charge in [-0.3, -0.25) is 19.7 Å². The average Bonchev–Trinajstić information content (AvgIpc) is 3.12. The first-order valence-electron chi connectivity index (χ1n) is 7.90. The van der Waals surface area contributed by atoms with Crippen LogP contribution in [-0.2, 0) is 37.3 Å². The van der Waals surface area contributed by atoms with Gasteiger partial charge < -0.3 is 15.3 Å². The first kappa shape index (κ1) is 19.7. The molecule has 2 rings (SSSR count). The molecule has 1 aliphatic rings. The molecule has 0 bridgehead atoms. The molecule has 1 amide bonds. The van der Waals surface area contributed by atoms with Gasteiger partial charge in [0.05, 0.1) is 17.1 Å². The van der Waals surface area contributed by atoms with Crippen molar-refractivity contribution in [2.45, 2.75) is 32.4 Å². The summed E-state index contributed by atoms with van der Waals surface area (Å²) in [4.78, 5) is 48.0. The predicted molar refractivity (Wildman–Crippen MR) is 84.6 cm³/mol. The molecule has 1 heterocycles. The lowest BCUT2D eigenvalue weighted by Crippen LogP contribution is -2.24. The molecular weight excluding hydrogens is 350 g/mol. The SMILES string of the molecule is O=C(CCCC(=O)ON1OCCO1)NCc1ccc(CO)c([N+](=O)[O-])c1. The molecule has 11 nitrogen and oxygen atoms in total. The molecule has 2 N–H and O–H groups in total. The van der Waals surface area contributed by atoms with Gasteiger partial charge in [-0.2, -0.15) is 0 Å². The van der Waals surface area contributed by atoms with Gasteiger partial charge in [0.15, 0.2) is 0 Å². The molecule has 0 atom stereocenters. The zero-order chi connectivity index (χ0) is 18.9. The van der Waals surface area contributed by atoms with Crippen LogP contribution in [0.15, 0.2) is 18.2 Å². The maximum atomic E-state index is 11.8. The smallest absolute Gasteiger partial charge is 0.330 e. The molecule has 11 heteroatoms. The maximum absolute atomic E-state index is 11.8. The Morgan fingerprint density at radius 1 is 1.31 bits per heavy atom. The van der Waals surface area contributed by atoms with E-state index < -0.39 is 17.5 Å². The van der Waals surface area contributed by atoms with Gasteiger partial charge in [0, 0.05) is 25.5 Å². The van der Waals surface area contributed by atoms with E-state index >= 15 is 0 Å². The quantitative estimate of drug-likeness (QED) is 0.470. The zero-order valence-electron chi connectivity index (χ0n) is 13.9. The summed E-state index contributed by atoms with van der Waals surface area (Å²) >= 11 is 0. The van der Waals surface area contributed by atoms with E-state index in [1.807, 2.05) is 0 Å². The minimum absolute atomic E-state index is 0.00725. The van der Waals surface area contributed by atoms with E-state index in [0.29, 0.717) is 24.2 Å². The van der Waals surface area contributed by atoms with Crippen LogP contribution in [0.4, 0.5) is 5.69 Å². The molecule has 1 fully saturated rings. The predicted octanol–water partition coefficient (Wildman–Crippen LogP) is 0.511. The average molecular weight is 369 g/mol. The van der Waals surface area contributed by atoms with E-state index in [4.69, 9.17) is 19.6 Å². The monoisotopic (exact) mass is 369 g/mol. The Hall–Kier alpha value is -2.60.